The summed E-state index contributed by atoms with van der Waals surface area (Å²) in [4.78, 5) is 27.8. The standard InChI is InChI=1S/C6H15NO8P2/c1-3-5(6(8)9)14-16(10,4(2)7)15-17(11,12)13/h4-5H,3,7H2,1-2H3,(H,8,9)(H2,11,12,13)/t4-,5+,16+/m0/s1. The summed E-state index contributed by atoms with van der Waals surface area (Å²) in [5, 5.41) is 8.68. The van der Waals surface area contributed by atoms with Crippen molar-refractivity contribution in [2.75, 3.05) is 0 Å². The smallest absolute Gasteiger partial charge is 0.476 e. The Labute approximate surface area is 97.7 Å². The van der Waals surface area contributed by atoms with Crippen molar-refractivity contribution in [3.8, 4) is 0 Å². The number of rotatable bonds is 7. The molecule has 0 aliphatic heterocycles. The van der Waals surface area contributed by atoms with Crippen LogP contribution in [0.3, 0.4) is 0 Å². The first-order valence-corrected chi connectivity index (χ1v) is 7.69. The molecule has 9 nitrogen and oxygen atoms in total. The molecular formula is C6H15NO8P2. The van der Waals surface area contributed by atoms with Gasteiger partial charge in [0.05, 0.1) is 0 Å². The Morgan fingerprint density at radius 2 is 1.88 bits per heavy atom. The zero-order chi connectivity index (χ0) is 13.9. The van der Waals surface area contributed by atoms with E-state index in [1.807, 2.05) is 0 Å². The molecule has 11 heteroatoms. The molecule has 0 bridgehead atoms. The zero-order valence-electron chi connectivity index (χ0n) is 9.22. The van der Waals surface area contributed by atoms with Gasteiger partial charge in [-0.3, -0.25) is 9.09 Å². The maximum Gasteiger partial charge on any atom is 0.476 e. The van der Waals surface area contributed by atoms with Crippen LogP contribution in [0.15, 0.2) is 0 Å². The Bertz CT molecular complexity index is 363. The molecule has 0 saturated carbocycles. The molecule has 0 amide bonds. The fourth-order valence-corrected chi connectivity index (χ4v) is 3.53. The quantitative estimate of drug-likeness (QED) is 0.489. The van der Waals surface area contributed by atoms with Crippen molar-refractivity contribution in [1.82, 2.24) is 0 Å². The summed E-state index contributed by atoms with van der Waals surface area (Å²) >= 11 is 0. The van der Waals surface area contributed by atoms with Crippen LogP contribution in [0.5, 0.6) is 0 Å². The summed E-state index contributed by atoms with van der Waals surface area (Å²) in [5.74, 6) is -2.80. The molecule has 0 aliphatic carbocycles. The second-order valence-corrected chi connectivity index (χ2v) is 6.93. The number of aliphatic carboxylic acids is 1. The van der Waals surface area contributed by atoms with Crippen LogP contribution in [0.1, 0.15) is 20.3 Å². The Morgan fingerprint density at radius 1 is 1.41 bits per heavy atom. The predicted molar refractivity (Wildman–Crippen MR) is 57.2 cm³/mol. The van der Waals surface area contributed by atoms with Crippen LogP contribution in [-0.4, -0.2) is 32.7 Å². The molecule has 102 valence electrons. The molecule has 3 atom stereocenters. The third-order valence-electron chi connectivity index (χ3n) is 1.64. The van der Waals surface area contributed by atoms with Crippen molar-refractivity contribution in [3.05, 3.63) is 0 Å². The van der Waals surface area contributed by atoms with Crippen molar-refractivity contribution in [1.29, 1.82) is 0 Å². The summed E-state index contributed by atoms with van der Waals surface area (Å²) in [6.45, 7) is 2.56. The monoisotopic (exact) mass is 291 g/mol. The van der Waals surface area contributed by atoms with Crippen LogP contribution in [0.4, 0.5) is 0 Å². The number of hydrogen-bond donors (Lipinski definition) is 4. The van der Waals surface area contributed by atoms with Crippen molar-refractivity contribution in [3.63, 3.8) is 0 Å². The average molecular weight is 291 g/mol. The fraction of sp³-hybridized carbons (Fsp3) is 0.833. The summed E-state index contributed by atoms with van der Waals surface area (Å²) in [6.07, 6.45) is -1.57. The van der Waals surface area contributed by atoms with E-state index >= 15 is 0 Å². The number of carbonyl (C=O) groups is 1. The van der Waals surface area contributed by atoms with Crippen molar-refractivity contribution >= 4 is 21.4 Å². The molecule has 0 aliphatic rings. The van der Waals surface area contributed by atoms with Gasteiger partial charge in [0.2, 0.25) is 0 Å². The molecule has 17 heavy (non-hydrogen) atoms. The Hall–Kier alpha value is -0.270. The summed E-state index contributed by atoms with van der Waals surface area (Å²) in [6, 6.07) is 0. The highest BCUT2D eigenvalue weighted by Gasteiger charge is 2.41. The minimum Gasteiger partial charge on any atom is -0.479 e. The van der Waals surface area contributed by atoms with Crippen molar-refractivity contribution < 1.29 is 37.7 Å². The van der Waals surface area contributed by atoms with Gasteiger partial charge in [-0.25, -0.2) is 13.7 Å². The van der Waals surface area contributed by atoms with Crippen LogP contribution in [0.2, 0.25) is 0 Å². The van der Waals surface area contributed by atoms with Gasteiger partial charge in [-0.2, -0.15) is 0 Å². The summed E-state index contributed by atoms with van der Waals surface area (Å²) in [7, 11) is -9.50. The maximum atomic E-state index is 11.9. The summed E-state index contributed by atoms with van der Waals surface area (Å²) in [5.41, 5.74) is 5.23. The minimum absolute atomic E-state index is 0.0590. The van der Waals surface area contributed by atoms with Gasteiger partial charge < -0.3 is 20.6 Å². The molecule has 0 aromatic rings. The number of phosphoric acid groups is 1. The van der Waals surface area contributed by atoms with Gasteiger partial charge in [-0.05, 0) is 13.3 Å². The van der Waals surface area contributed by atoms with Crippen LogP contribution < -0.4 is 5.73 Å². The van der Waals surface area contributed by atoms with Crippen LogP contribution in [0, 0.1) is 0 Å². The van der Waals surface area contributed by atoms with E-state index in [2.05, 4.69) is 8.83 Å². The van der Waals surface area contributed by atoms with Crippen LogP contribution in [0.25, 0.3) is 0 Å². The van der Waals surface area contributed by atoms with Gasteiger partial charge in [-0.1, -0.05) is 6.92 Å². The molecule has 0 radical (unpaired) electrons. The lowest BCUT2D eigenvalue weighted by atomic mass is 10.3. The van der Waals surface area contributed by atoms with E-state index in [0.29, 0.717) is 0 Å². The maximum absolute atomic E-state index is 11.9. The van der Waals surface area contributed by atoms with E-state index in [1.54, 1.807) is 0 Å². The molecule has 5 N–H and O–H groups in total. The van der Waals surface area contributed by atoms with Crippen LogP contribution >= 0.6 is 15.4 Å². The largest absolute Gasteiger partial charge is 0.479 e. The van der Waals surface area contributed by atoms with Gasteiger partial charge in [0.1, 0.15) is 5.78 Å². The van der Waals surface area contributed by atoms with E-state index in [0.717, 1.165) is 6.92 Å². The van der Waals surface area contributed by atoms with Gasteiger partial charge in [0.25, 0.3) is 0 Å². The summed E-state index contributed by atoms with van der Waals surface area (Å²) < 4.78 is 31.1. The van der Waals surface area contributed by atoms with Gasteiger partial charge >= 0.3 is 21.4 Å². The third-order valence-corrected chi connectivity index (χ3v) is 4.95. The lowest BCUT2D eigenvalue weighted by Crippen LogP contribution is -2.27. The molecule has 0 spiro atoms. The highest BCUT2D eigenvalue weighted by Crippen LogP contribution is 2.62. The number of carboxylic acids is 1. The first-order valence-electron chi connectivity index (χ1n) is 4.55. The molecule has 0 fully saturated rings. The van der Waals surface area contributed by atoms with E-state index in [-0.39, 0.29) is 6.42 Å². The minimum atomic E-state index is -5.10. The Balaban J connectivity index is 5.04. The van der Waals surface area contributed by atoms with Gasteiger partial charge in [-0.15, -0.1) is 0 Å². The highest BCUT2D eigenvalue weighted by molar-refractivity contribution is 7.64. The highest BCUT2D eigenvalue weighted by atomic mass is 31.3. The Kier molecular flexibility index (Phi) is 5.96. The number of hydrogen-bond acceptors (Lipinski definition) is 6. The topological polar surface area (TPSA) is 156 Å². The lowest BCUT2D eigenvalue weighted by molar-refractivity contribution is -0.145. The van der Waals surface area contributed by atoms with E-state index in [4.69, 9.17) is 20.6 Å². The Morgan fingerprint density at radius 3 is 2.12 bits per heavy atom. The molecule has 0 rings (SSSR count). The van der Waals surface area contributed by atoms with Crippen molar-refractivity contribution in [2.45, 2.75) is 32.2 Å². The van der Waals surface area contributed by atoms with Gasteiger partial charge in [0, 0.05) is 0 Å². The number of nitrogens with two attached hydrogens (primary N) is 1. The van der Waals surface area contributed by atoms with Crippen molar-refractivity contribution in [2.24, 2.45) is 5.73 Å². The van der Waals surface area contributed by atoms with E-state index < -0.39 is 33.3 Å². The second-order valence-electron chi connectivity index (χ2n) is 3.19. The first kappa shape index (κ1) is 16.7. The lowest BCUT2D eigenvalue weighted by Gasteiger charge is -2.24. The molecule has 0 heterocycles. The molecular weight excluding hydrogens is 276 g/mol. The zero-order valence-corrected chi connectivity index (χ0v) is 11.0. The number of carboxylic acid groups (broad SMARTS) is 1. The predicted octanol–water partition coefficient (Wildman–Crippen LogP) is 0.473. The first-order chi connectivity index (χ1) is 7.52. The molecule has 0 saturated heterocycles. The normalized spacial score (nSPS) is 19.4. The SMILES string of the molecule is CC[C@@H](O[P@@](=O)(OP(=O)(O)O)[C@@H](C)N)C(=O)O. The van der Waals surface area contributed by atoms with Crippen LogP contribution in [-0.2, 0) is 22.8 Å². The average Bonchev–Trinajstić information content (AvgIpc) is 2.10. The fourth-order valence-electron chi connectivity index (χ4n) is 0.809. The van der Waals surface area contributed by atoms with E-state index in [1.165, 1.54) is 6.92 Å². The van der Waals surface area contributed by atoms with Gasteiger partial charge in [0.15, 0.2) is 6.10 Å². The molecule has 0 aromatic carbocycles. The third kappa shape index (κ3) is 5.74. The molecule has 0 aromatic heterocycles. The second kappa shape index (κ2) is 6.06. The molecule has 0 unspecified atom stereocenters. The van der Waals surface area contributed by atoms with E-state index in [9.17, 15) is 13.9 Å².